The zero-order valence-electron chi connectivity index (χ0n) is 9.50. The van der Waals surface area contributed by atoms with Gasteiger partial charge < -0.3 is 10.6 Å². The van der Waals surface area contributed by atoms with E-state index in [9.17, 15) is 4.79 Å². The van der Waals surface area contributed by atoms with E-state index >= 15 is 0 Å². The summed E-state index contributed by atoms with van der Waals surface area (Å²) >= 11 is 0. The highest BCUT2D eigenvalue weighted by molar-refractivity contribution is 5.94. The molecule has 0 bridgehead atoms. The Labute approximate surface area is 90.9 Å². The molecule has 0 aliphatic heterocycles. The van der Waals surface area contributed by atoms with Crippen molar-refractivity contribution in [2.24, 2.45) is 0 Å². The molecule has 1 rings (SSSR count). The van der Waals surface area contributed by atoms with Crippen LogP contribution in [0, 0.1) is 0 Å². The number of nitrogens with one attached hydrogen (secondary N) is 2. The zero-order valence-corrected chi connectivity index (χ0v) is 9.50. The Hall–Kier alpha value is -1.35. The summed E-state index contributed by atoms with van der Waals surface area (Å²) in [7, 11) is 1.77. The first-order valence-electron chi connectivity index (χ1n) is 5.24. The molecule has 0 saturated carbocycles. The molecule has 3 nitrogen and oxygen atoms in total. The van der Waals surface area contributed by atoms with Gasteiger partial charge in [0.1, 0.15) is 0 Å². The maximum Gasteiger partial charge on any atom is 0.241 e. The number of carbonyl (C=O) groups is 1. The molecule has 2 N–H and O–H groups in total. The van der Waals surface area contributed by atoms with E-state index in [1.165, 1.54) is 5.56 Å². The van der Waals surface area contributed by atoms with Crippen LogP contribution in [0.2, 0.25) is 0 Å². The van der Waals surface area contributed by atoms with Crippen molar-refractivity contribution in [3.05, 3.63) is 29.8 Å². The number of benzene rings is 1. The number of hydrogen-bond donors (Lipinski definition) is 2. The fourth-order valence-corrected chi connectivity index (χ4v) is 1.25. The molecule has 0 aliphatic carbocycles. The monoisotopic (exact) mass is 206 g/mol. The summed E-state index contributed by atoms with van der Waals surface area (Å²) in [5.74, 6) is -0.00856. The Bertz CT molecular complexity index is 336. The second kappa shape index (κ2) is 5.51. The van der Waals surface area contributed by atoms with E-state index in [1.807, 2.05) is 25.1 Å². The van der Waals surface area contributed by atoms with Gasteiger partial charge in [-0.2, -0.15) is 0 Å². The van der Waals surface area contributed by atoms with Crippen molar-refractivity contribution in [3.63, 3.8) is 0 Å². The van der Waals surface area contributed by atoms with Gasteiger partial charge in [-0.25, -0.2) is 0 Å². The second-order valence-electron chi connectivity index (χ2n) is 3.55. The third-order valence-corrected chi connectivity index (χ3v) is 2.43. The summed E-state index contributed by atoms with van der Waals surface area (Å²) in [6.07, 6.45) is 0.977. The van der Waals surface area contributed by atoms with E-state index in [-0.39, 0.29) is 11.9 Å². The van der Waals surface area contributed by atoms with Crippen molar-refractivity contribution < 1.29 is 4.79 Å². The standard InChI is InChI=1S/C12H18N2O/c1-4-10-6-5-7-11(8-10)14-12(15)9(2)13-3/h5-9,13H,4H2,1-3H3,(H,14,15). The van der Waals surface area contributed by atoms with Crippen molar-refractivity contribution in [2.45, 2.75) is 26.3 Å². The fraction of sp³-hybridized carbons (Fsp3) is 0.417. The molecule has 15 heavy (non-hydrogen) atoms. The molecule has 3 heteroatoms. The molecule has 0 radical (unpaired) electrons. The van der Waals surface area contributed by atoms with Crippen molar-refractivity contribution >= 4 is 11.6 Å². The quantitative estimate of drug-likeness (QED) is 0.788. The van der Waals surface area contributed by atoms with Gasteiger partial charge in [0.2, 0.25) is 5.91 Å². The highest BCUT2D eigenvalue weighted by Crippen LogP contribution is 2.11. The first-order valence-corrected chi connectivity index (χ1v) is 5.24. The van der Waals surface area contributed by atoms with Gasteiger partial charge in [-0.05, 0) is 38.1 Å². The number of carbonyl (C=O) groups excluding carboxylic acids is 1. The SMILES string of the molecule is CCc1cccc(NC(=O)C(C)NC)c1. The van der Waals surface area contributed by atoms with E-state index in [2.05, 4.69) is 23.6 Å². The van der Waals surface area contributed by atoms with Crippen LogP contribution in [-0.2, 0) is 11.2 Å². The minimum absolute atomic E-state index is 0.00856. The van der Waals surface area contributed by atoms with E-state index in [0.717, 1.165) is 12.1 Å². The first-order chi connectivity index (χ1) is 7.17. The minimum atomic E-state index is -0.171. The third-order valence-electron chi connectivity index (χ3n) is 2.43. The van der Waals surface area contributed by atoms with Crippen LogP contribution in [0.5, 0.6) is 0 Å². The Kier molecular flexibility index (Phi) is 4.31. The molecule has 0 spiro atoms. The Morgan fingerprint density at radius 3 is 2.80 bits per heavy atom. The summed E-state index contributed by atoms with van der Waals surface area (Å²) < 4.78 is 0. The van der Waals surface area contributed by atoms with Gasteiger partial charge in [0.15, 0.2) is 0 Å². The lowest BCUT2D eigenvalue weighted by Crippen LogP contribution is -2.35. The Morgan fingerprint density at radius 1 is 1.47 bits per heavy atom. The number of hydrogen-bond acceptors (Lipinski definition) is 2. The van der Waals surface area contributed by atoms with E-state index in [4.69, 9.17) is 0 Å². The van der Waals surface area contributed by atoms with Gasteiger partial charge in [-0.15, -0.1) is 0 Å². The lowest BCUT2D eigenvalue weighted by atomic mass is 10.1. The molecule has 1 amide bonds. The van der Waals surface area contributed by atoms with Gasteiger partial charge in [0.25, 0.3) is 0 Å². The molecule has 1 unspecified atom stereocenters. The van der Waals surface area contributed by atoms with Crippen LogP contribution in [0.15, 0.2) is 24.3 Å². The maximum atomic E-state index is 11.6. The highest BCUT2D eigenvalue weighted by atomic mass is 16.2. The third kappa shape index (κ3) is 3.36. The zero-order chi connectivity index (χ0) is 11.3. The number of aryl methyl sites for hydroxylation is 1. The molecule has 0 aromatic heterocycles. The van der Waals surface area contributed by atoms with Gasteiger partial charge >= 0.3 is 0 Å². The molecule has 0 fully saturated rings. The second-order valence-corrected chi connectivity index (χ2v) is 3.55. The molecular weight excluding hydrogens is 188 g/mol. The normalized spacial score (nSPS) is 12.2. The number of amides is 1. The predicted molar refractivity (Wildman–Crippen MR) is 63.0 cm³/mol. The van der Waals surface area contributed by atoms with Gasteiger partial charge in [0.05, 0.1) is 6.04 Å². The summed E-state index contributed by atoms with van der Waals surface area (Å²) in [6, 6.07) is 7.74. The van der Waals surface area contributed by atoms with Crippen LogP contribution in [-0.4, -0.2) is 19.0 Å². The van der Waals surface area contributed by atoms with Crippen molar-refractivity contribution in [1.82, 2.24) is 5.32 Å². The van der Waals surface area contributed by atoms with Gasteiger partial charge in [0, 0.05) is 5.69 Å². The van der Waals surface area contributed by atoms with E-state index in [0.29, 0.717) is 0 Å². The summed E-state index contributed by atoms with van der Waals surface area (Å²) in [6.45, 7) is 3.93. The molecule has 82 valence electrons. The molecule has 0 saturated heterocycles. The topological polar surface area (TPSA) is 41.1 Å². The molecular formula is C12H18N2O. The largest absolute Gasteiger partial charge is 0.325 e. The summed E-state index contributed by atoms with van der Waals surface area (Å²) in [5, 5.41) is 5.77. The maximum absolute atomic E-state index is 11.6. The Balaban J connectivity index is 2.68. The van der Waals surface area contributed by atoms with E-state index < -0.39 is 0 Å². The summed E-state index contributed by atoms with van der Waals surface area (Å²) in [5.41, 5.74) is 2.09. The van der Waals surface area contributed by atoms with Crippen LogP contribution < -0.4 is 10.6 Å². The van der Waals surface area contributed by atoms with Crippen molar-refractivity contribution in [1.29, 1.82) is 0 Å². The highest BCUT2D eigenvalue weighted by Gasteiger charge is 2.09. The first kappa shape index (κ1) is 11.7. The number of anilines is 1. The van der Waals surface area contributed by atoms with Crippen LogP contribution in [0.4, 0.5) is 5.69 Å². The number of likely N-dealkylation sites (N-methyl/N-ethyl adjacent to an activating group) is 1. The molecule has 0 heterocycles. The molecule has 1 aromatic rings. The molecule has 1 atom stereocenters. The average Bonchev–Trinajstić information content (AvgIpc) is 2.28. The predicted octanol–water partition coefficient (Wildman–Crippen LogP) is 1.80. The Morgan fingerprint density at radius 2 is 2.20 bits per heavy atom. The smallest absolute Gasteiger partial charge is 0.241 e. The van der Waals surface area contributed by atoms with Gasteiger partial charge in [-0.3, -0.25) is 4.79 Å². The van der Waals surface area contributed by atoms with Crippen molar-refractivity contribution in [2.75, 3.05) is 12.4 Å². The number of rotatable bonds is 4. The average molecular weight is 206 g/mol. The van der Waals surface area contributed by atoms with Crippen molar-refractivity contribution in [3.8, 4) is 0 Å². The minimum Gasteiger partial charge on any atom is -0.325 e. The lowest BCUT2D eigenvalue weighted by Gasteiger charge is -2.11. The van der Waals surface area contributed by atoms with Crippen LogP contribution >= 0.6 is 0 Å². The van der Waals surface area contributed by atoms with Crippen LogP contribution in [0.3, 0.4) is 0 Å². The van der Waals surface area contributed by atoms with Gasteiger partial charge in [-0.1, -0.05) is 19.1 Å². The molecule has 0 aliphatic rings. The summed E-state index contributed by atoms with van der Waals surface area (Å²) in [4.78, 5) is 11.6. The van der Waals surface area contributed by atoms with Crippen LogP contribution in [0.25, 0.3) is 0 Å². The molecule has 1 aromatic carbocycles. The van der Waals surface area contributed by atoms with Crippen LogP contribution in [0.1, 0.15) is 19.4 Å². The fourth-order valence-electron chi connectivity index (χ4n) is 1.25. The lowest BCUT2D eigenvalue weighted by molar-refractivity contribution is -0.117. The van der Waals surface area contributed by atoms with E-state index in [1.54, 1.807) is 7.05 Å².